The smallest absolute Gasteiger partial charge is 0.248 e. The molecule has 0 radical (unpaired) electrons. The van der Waals surface area contributed by atoms with Crippen LogP contribution in [0.1, 0.15) is 23.2 Å². The number of sulfonamides is 1. The molecule has 1 amide bonds. The van der Waals surface area contributed by atoms with Crippen molar-refractivity contribution in [3.8, 4) is 5.75 Å². The zero-order valence-electron chi connectivity index (χ0n) is 11.3. The van der Waals surface area contributed by atoms with Crippen molar-refractivity contribution in [2.45, 2.75) is 18.9 Å². The van der Waals surface area contributed by atoms with Crippen molar-refractivity contribution in [3.63, 3.8) is 0 Å². The van der Waals surface area contributed by atoms with Crippen LogP contribution in [0.15, 0.2) is 24.3 Å². The molecule has 0 saturated carbocycles. The maximum Gasteiger partial charge on any atom is 0.248 e. The number of rotatable bonds is 4. The fourth-order valence-corrected chi connectivity index (χ4v) is 3.09. The molecule has 1 unspecified atom stereocenters. The van der Waals surface area contributed by atoms with Crippen LogP contribution in [0.5, 0.6) is 5.75 Å². The maximum absolute atomic E-state index is 11.5. The summed E-state index contributed by atoms with van der Waals surface area (Å²) in [6.45, 7) is 0.899. The molecule has 1 heterocycles. The first-order valence-electron chi connectivity index (χ1n) is 6.38. The maximum atomic E-state index is 11.5. The number of hydrogen-bond acceptors (Lipinski definition) is 4. The van der Waals surface area contributed by atoms with Gasteiger partial charge in [-0.15, -0.1) is 0 Å². The Morgan fingerprint density at radius 1 is 1.35 bits per heavy atom. The highest BCUT2D eigenvalue weighted by atomic mass is 32.2. The van der Waals surface area contributed by atoms with Crippen LogP contribution >= 0.6 is 0 Å². The van der Waals surface area contributed by atoms with Crippen molar-refractivity contribution >= 4 is 15.9 Å². The molecule has 1 aromatic carbocycles. The first kappa shape index (κ1) is 14.8. The summed E-state index contributed by atoms with van der Waals surface area (Å²) < 4.78 is 30.2. The lowest BCUT2D eigenvalue weighted by atomic mass is 10.1. The monoisotopic (exact) mass is 298 g/mol. The molecular formula is C13H18N2O4S. The van der Waals surface area contributed by atoms with Gasteiger partial charge in [-0.3, -0.25) is 4.79 Å². The highest BCUT2D eigenvalue weighted by molar-refractivity contribution is 7.88. The van der Waals surface area contributed by atoms with Crippen LogP contribution in [-0.2, 0) is 10.0 Å². The Kier molecular flexibility index (Phi) is 4.29. The van der Waals surface area contributed by atoms with Crippen LogP contribution in [0.25, 0.3) is 0 Å². The number of carbonyl (C=O) groups is 1. The molecule has 1 aromatic rings. The highest BCUT2D eigenvalue weighted by Gasteiger charge is 2.26. The van der Waals surface area contributed by atoms with E-state index in [1.165, 1.54) is 10.6 Å². The van der Waals surface area contributed by atoms with Gasteiger partial charge in [0.15, 0.2) is 0 Å². The number of piperidine rings is 1. The number of hydrogen-bond donors (Lipinski definition) is 1. The van der Waals surface area contributed by atoms with Gasteiger partial charge in [0.05, 0.1) is 12.8 Å². The second-order valence-electron chi connectivity index (χ2n) is 4.89. The molecule has 0 spiro atoms. The van der Waals surface area contributed by atoms with Crippen LogP contribution in [0.2, 0.25) is 0 Å². The molecule has 20 heavy (non-hydrogen) atoms. The Morgan fingerprint density at radius 2 is 2.00 bits per heavy atom. The molecule has 1 saturated heterocycles. The first-order chi connectivity index (χ1) is 9.36. The third kappa shape index (κ3) is 3.71. The Hall–Kier alpha value is -1.60. The minimum absolute atomic E-state index is 0.169. The van der Waals surface area contributed by atoms with Crippen LogP contribution in [0.4, 0.5) is 0 Å². The standard InChI is InChI=1S/C13H18N2O4S/c1-20(17,18)15-8-2-3-12(9-15)19-11-6-4-10(5-7-11)13(14)16/h4-7,12H,2-3,8-9H2,1H3,(H2,14,16). The molecule has 0 bridgehead atoms. The van der Waals surface area contributed by atoms with E-state index in [2.05, 4.69) is 0 Å². The molecule has 110 valence electrons. The summed E-state index contributed by atoms with van der Waals surface area (Å²) in [5.74, 6) is 0.118. The van der Waals surface area contributed by atoms with Crippen molar-refractivity contribution < 1.29 is 17.9 Å². The summed E-state index contributed by atoms with van der Waals surface area (Å²) >= 11 is 0. The van der Waals surface area contributed by atoms with Gasteiger partial charge in [0.2, 0.25) is 15.9 Å². The molecule has 0 aromatic heterocycles. The minimum Gasteiger partial charge on any atom is -0.489 e. The summed E-state index contributed by atoms with van der Waals surface area (Å²) in [5, 5.41) is 0. The molecular weight excluding hydrogens is 280 g/mol. The summed E-state index contributed by atoms with van der Waals surface area (Å²) in [7, 11) is -3.18. The number of ether oxygens (including phenoxy) is 1. The van der Waals surface area contributed by atoms with Gasteiger partial charge in [0.25, 0.3) is 0 Å². The Morgan fingerprint density at radius 3 is 2.55 bits per heavy atom. The van der Waals surface area contributed by atoms with E-state index in [9.17, 15) is 13.2 Å². The van der Waals surface area contributed by atoms with Gasteiger partial charge in [-0.05, 0) is 37.1 Å². The lowest BCUT2D eigenvalue weighted by Crippen LogP contribution is -2.43. The number of nitrogens with two attached hydrogens (primary N) is 1. The molecule has 7 heteroatoms. The van der Waals surface area contributed by atoms with Crippen LogP contribution in [-0.4, -0.2) is 44.1 Å². The Labute approximate surface area is 118 Å². The molecule has 0 aliphatic carbocycles. The number of benzene rings is 1. The predicted molar refractivity (Wildman–Crippen MR) is 75.0 cm³/mol. The van der Waals surface area contributed by atoms with E-state index in [1.807, 2.05) is 0 Å². The van der Waals surface area contributed by atoms with Crippen LogP contribution < -0.4 is 10.5 Å². The van der Waals surface area contributed by atoms with Gasteiger partial charge in [-0.2, -0.15) is 4.31 Å². The average Bonchev–Trinajstić information content (AvgIpc) is 2.38. The summed E-state index contributed by atoms with van der Waals surface area (Å²) in [6, 6.07) is 6.52. The van der Waals surface area contributed by atoms with Gasteiger partial charge in [0, 0.05) is 12.1 Å². The zero-order chi connectivity index (χ0) is 14.8. The number of carbonyl (C=O) groups excluding carboxylic acids is 1. The van der Waals surface area contributed by atoms with E-state index in [0.717, 1.165) is 12.8 Å². The topological polar surface area (TPSA) is 89.7 Å². The van der Waals surface area contributed by atoms with Gasteiger partial charge in [-0.25, -0.2) is 8.42 Å². The van der Waals surface area contributed by atoms with Gasteiger partial charge in [0.1, 0.15) is 11.9 Å². The Balaban J connectivity index is 2.01. The molecule has 1 aliphatic heterocycles. The van der Waals surface area contributed by atoms with E-state index in [1.54, 1.807) is 24.3 Å². The predicted octanol–water partition coefficient (Wildman–Crippen LogP) is 0.588. The van der Waals surface area contributed by atoms with Gasteiger partial charge in [-0.1, -0.05) is 0 Å². The Bertz CT molecular complexity index is 583. The molecule has 1 atom stereocenters. The van der Waals surface area contributed by atoms with E-state index in [0.29, 0.717) is 24.4 Å². The molecule has 1 aliphatic rings. The zero-order valence-corrected chi connectivity index (χ0v) is 12.1. The fourth-order valence-electron chi connectivity index (χ4n) is 2.19. The lowest BCUT2D eigenvalue weighted by molar-refractivity contribution is 0.1000. The second-order valence-corrected chi connectivity index (χ2v) is 6.87. The lowest BCUT2D eigenvalue weighted by Gasteiger charge is -2.31. The van der Waals surface area contributed by atoms with Crippen molar-refractivity contribution in [3.05, 3.63) is 29.8 Å². The van der Waals surface area contributed by atoms with Gasteiger partial charge < -0.3 is 10.5 Å². The van der Waals surface area contributed by atoms with E-state index >= 15 is 0 Å². The number of primary amides is 1. The second kappa shape index (κ2) is 5.80. The quantitative estimate of drug-likeness (QED) is 0.881. The van der Waals surface area contributed by atoms with E-state index in [4.69, 9.17) is 10.5 Å². The van der Waals surface area contributed by atoms with Crippen LogP contribution in [0.3, 0.4) is 0 Å². The molecule has 6 nitrogen and oxygen atoms in total. The normalized spacial score (nSPS) is 20.6. The van der Waals surface area contributed by atoms with Crippen molar-refractivity contribution in [2.24, 2.45) is 5.73 Å². The molecule has 2 N–H and O–H groups in total. The van der Waals surface area contributed by atoms with Crippen molar-refractivity contribution in [1.29, 1.82) is 0 Å². The highest BCUT2D eigenvalue weighted by Crippen LogP contribution is 2.20. The average molecular weight is 298 g/mol. The molecule has 1 fully saturated rings. The van der Waals surface area contributed by atoms with E-state index in [-0.39, 0.29) is 6.10 Å². The summed E-state index contributed by atoms with van der Waals surface area (Å²) in [4.78, 5) is 11.0. The van der Waals surface area contributed by atoms with Crippen molar-refractivity contribution in [2.75, 3.05) is 19.3 Å². The van der Waals surface area contributed by atoms with E-state index < -0.39 is 15.9 Å². The van der Waals surface area contributed by atoms with Crippen molar-refractivity contribution in [1.82, 2.24) is 4.31 Å². The summed E-state index contributed by atoms with van der Waals surface area (Å²) in [5.41, 5.74) is 5.58. The third-order valence-electron chi connectivity index (χ3n) is 3.25. The SMILES string of the molecule is CS(=O)(=O)N1CCCC(Oc2ccc(C(N)=O)cc2)C1. The third-order valence-corrected chi connectivity index (χ3v) is 4.52. The van der Waals surface area contributed by atoms with Crippen LogP contribution in [0, 0.1) is 0 Å². The first-order valence-corrected chi connectivity index (χ1v) is 8.23. The largest absolute Gasteiger partial charge is 0.489 e. The molecule has 2 rings (SSSR count). The minimum atomic E-state index is -3.18. The van der Waals surface area contributed by atoms with Gasteiger partial charge >= 0.3 is 0 Å². The summed E-state index contributed by atoms with van der Waals surface area (Å²) in [6.07, 6.45) is 2.62. The number of amides is 1. The fraction of sp³-hybridized carbons (Fsp3) is 0.462. The number of nitrogens with zero attached hydrogens (tertiary/aromatic N) is 1.